The van der Waals surface area contributed by atoms with E-state index in [9.17, 15) is 0 Å². The highest BCUT2D eigenvalue weighted by Gasteiger charge is 2.14. The minimum Gasteiger partial charge on any atom is -0.244 e. The monoisotopic (exact) mass is 226 g/mol. The lowest BCUT2D eigenvalue weighted by atomic mass is 9.85. The first-order valence-electron chi connectivity index (χ1n) is 5.85. The van der Waals surface area contributed by atoms with Gasteiger partial charge in [-0.1, -0.05) is 39.0 Å². The summed E-state index contributed by atoms with van der Waals surface area (Å²) in [5.41, 5.74) is 5.10. The Hall–Kier alpha value is -1.70. The molecule has 0 aliphatic rings. The number of hydrogen-bond donors (Lipinski definition) is 0. The summed E-state index contributed by atoms with van der Waals surface area (Å²) in [7, 11) is 0. The van der Waals surface area contributed by atoms with Crippen molar-refractivity contribution in [3.63, 3.8) is 0 Å². The summed E-state index contributed by atoms with van der Waals surface area (Å²) in [6.45, 7) is 8.82. The van der Waals surface area contributed by atoms with Crippen molar-refractivity contribution in [3.05, 3.63) is 48.0 Å². The molecule has 0 atom stereocenters. The molecule has 0 radical (unpaired) electrons. The topological polar surface area (TPSA) is 25.8 Å². The number of nitrogens with zero attached hydrogens (tertiary/aromatic N) is 2. The molecule has 2 rings (SSSR count). The van der Waals surface area contributed by atoms with Crippen LogP contribution >= 0.6 is 0 Å². The molecule has 2 nitrogen and oxygen atoms in total. The molecular weight excluding hydrogens is 208 g/mol. The summed E-state index contributed by atoms with van der Waals surface area (Å²) >= 11 is 0. The highest BCUT2D eigenvalue weighted by Crippen LogP contribution is 2.28. The average molecular weight is 226 g/mol. The SMILES string of the molecule is Cc1cc(C(C)(C)C)ccc1-c1cncnc1. The summed E-state index contributed by atoms with van der Waals surface area (Å²) in [5, 5.41) is 0. The van der Waals surface area contributed by atoms with Crippen LogP contribution in [0.2, 0.25) is 0 Å². The van der Waals surface area contributed by atoms with Crippen LogP contribution in [0.5, 0.6) is 0 Å². The van der Waals surface area contributed by atoms with Crippen molar-refractivity contribution in [2.75, 3.05) is 0 Å². The molecular formula is C15H18N2. The Morgan fingerprint density at radius 2 is 1.65 bits per heavy atom. The van der Waals surface area contributed by atoms with Gasteiger partial charge in [0.1, 0.15) is 6.33 Å². The number of aryl methyl sites for hydroxylation is 1. The van der Waals surface area contributed by atoms with Crippen LogP contribution in [-0.4, -0.2) is 9.97 Å². The van der Waals surface area contributed by atoms with E-state index < -0.39 is 0 Å². The Morgan fingerprint density at radius 1 is 1.00 bits per heavy atom. The van der Waals surface area contributed by atoms with Gasteiger partial charge in [-0.05, 0) is 29.0 Å². The molecule has 0 aliphatic carbocycles. The molecule has 1 aromatic heterocycles. The molecule has 0 unspecified atom stereocenters. The fourth-order valence-corrected chi connectivity index (χ4v) is 1.89. The van der Waals surface area contributed by atoms with Gasteiger partial charge < -0.3 is 0 Å². The summed E-state index contributed by atoms with van der Waals surface area (Å²) in [6, 6.07) is 6.60. The molecule has 0 N–H and O–H groups in total. The van der Waals surface area contributed by atoms with Crippen molar-refractivity contribution in [1.82, 2.24) is 9.97 Å². The fraction of sp³-hybridized carbons (Fsp3) is 0.333. The van der Waals surface area contributed by atoms with E-state index in [2.05, 4.69) is 55.9 Å². The van der Waals surface area contributed by atoms with Gasteiger partial charge in [0, 0.05) is 18.0 Å². The summed E-state index contributed by atoms with van der Waals surface area (Å²) in [6.07, 6.45) is 5.26. The van der Waals surface area contributed by atoms with Gasteiger partial charge >= 0.3 is 0 Å². The van der Waals surface area contributed by atoms with Gasteiger partial charge in [0.05, 0.1) is 0 Å². The second kappa shape index (κ2) is 4.28. The Kier molecular flexibility index (Phi) is 2.97. The first kappa shape index (κ1) is 11.8. The van der Waals surface area contributed by atoms with E-state index in [0.29, 0.717) is 0 Å². The van der Waals surface area contributed by atoms with Gasteiger partial charge in [-0.15, -0.1) is 0 Å². The van der Waals surface area contributed by atoms with E-state index in [4.69, 9.17) is 0 Å². The third-order valence-corrected chi connectivity index (χ3v) is 2.96. The third kappa shape index (κ3) is 2.52. The molecule has 0 amide bonds. The van der Waals surface area contributed by atoms with Gasteiger partial charge in [-0.3, -0.25) is 0 Å². The minimum absolute atomic E-state index is 0.191. The second-order valence-corrected chi connectivity index (χ2v) is 5.41. The Morgan fingerprint density at radius 3 is 2.18 bits per heavy atom. The number of hydrogen-bond acceptors (Lipinski definition) is 2. The second-order valence-electron chi connectivity index (χ2n) is 5.41. The van der Waals surface area contributed by atoms with E-state index in [1.165, 1.54) is 16.7 Å². The smallest absolute Gasteiger partial charge is 0.115 e. The number of benzene rings is 1. The van der Waals surface area contributed by atoms with Gasteiger partial charge in [-0.2, -0.15) is 0 Å². The maximum Gasteiger partial charge on any atom is 0.115 e. The van der Waals surface area contributed by atoms with E-state index in [-0.39, 0.29) is 5.41 Å². The van der Waals surface area contributed by atoms with Crippen LogP contribution in [0, 0.1) is 6.92 Å². The first-order valence-corrected chi connectivity index (χ1v) is 5.85. The van der Waals surface area contributed by atoms with Crippen LogP contribution in [0.3, 0.4) is 0 Å². The van der Waals surface area contributed by atoms with Crippen molar-refractivity contribution in [1.29, 1.82) is 0 Å². The molecule has 0 saturated carbocycles. The maximum atomic E-state index is 4.06. The molecule has 2 heteroatoms. The van der Waals surface area contributed by atoms with E-state index in [1.54, 1.807) is 6.33 Å². The lowest BCUT2D eigenvalue weighted by Gasteiger charge is -2.20. The average Bonchev–Trinajstić information content (AvgIpc) is 2.29. The number of rotatable bonds is 1. The van der Waals surface area contributed by atoms with Gasteiger partial charge in [0.25, 0.3) is 0 Å². The van der Waals surface area contributed by atoms with Crippen LogP contribution < -0.4 is 0 Å². The van der Waals surface area contributed by atoms with Crippen molar-refractivity contribution in [3.8, 4) is 11.1 Å². The zero-order valence-electron chi connectivity index (χ0n) is 10.9. The van der Waals surface area contributed by atoms with E-state index >= 15 is 0 Å². The fourth-order valence-electron chi connectivity index (χ4n) is 1.89. The highest BCUT2D eigenvalue weighted by atomic mass is 14.8. The maximum absolute atomic E-state index is 4.06. The van der Waals surface area contributed by atoms with Gasteiger partial charge in [-0.25, -0.2) is 9.97 Å². The van der Waals surface area contributed by atoms with Crippen molar-refractivity contribution < 1.29 is 0 Å². The molecule has 1 aromatic carbocycles. The van der Waals surface area contributed by atoms with Crippen molar-refractivity contribution in [2.24, 2.45) is 0 Å². The molecule has 88 valence electrons. The van der Waals surface area contributed by atoms with Crippen LogP contribution in [0.25, 0.3) is 11.1 Å². The molecule has 17 heavy (non-hydrogen) atoms. The Bertz CT molecular complexity index is 510. The normalized spacial score (nSPS) is 11.5. The lowest BCUT2D eigenvalue weighted by Crippen LogP contribution is -2.11. The predicted octanol–water partition coefficient (Wildman–Crippen LogP) is 3.75. The first-order chi connectivity index (χ1) is 7.98. The predicted molar refractivity (Wildman–Crippen MR) is 70.9 cm³/mol. The van der Waals surface area contributed by atoms with Crippen molar-refractivity contribution in [2.45, 2.75) is 33.1 Å². The van der Waals surface area contributed by atoms with Gasteiger partial charge in [0.2, 0.25) is 0 Å². The summed E-state index contributed by atoms with van der Waals surface area (Å²) in [4.78, 5) is 8.12. The zero-order valence-corrected chi connectivity index (χ0v) is 10.9. The van der Waals surface area contributed by atoms with Crippen LogP contribution in [0.4, 0.5) is 0 Å². The molecule has 0 saturated heterocycles. The van der Waals surface area contributed by atoms with E-state index in [0.717, 1.165) is 5.56 Å². The van der Waals surface area contributed by atoms with Crippen LogP contribution in [0.15, 0.2) is 36.9 Å². The Balaban J connectivity index is 2.46. The molecule has 2 aromatic rings. The largest absolute Gasteiger partial charge is 0.244 e. The molecule has 0 aliphatic heterocycles. The molecule has 0 fully saturated rings. The Labute approximate surface area is 103 Å². The quantitative estimate of drug-likeness (QED) is 0.740. The highest BCUT2D eigenvalue weighted by molar-refractivity contribution is 5.66. The minimum atomic E-state index is 0.191. The lowest BCUT2D eigenvalue weighted by molar-refractivity contribution is 0.590. The van der Waals surface area contributed by atoms with Gasteiger partial charge in [0.15, 0.2) is 0 Å². The van der Waals surface area contributed by atoms with Crippen LogP contribution in [0.1, 0.15) is 31.9 Å². The molecule has 0 bridgehead atoms. The summed E-state index contributed by atoms with van der Waals surface area (Å²) in [5.74, 6) is 0. The standard InChI is InChI=1S/C15H18N2/c1-11-7-13(15(2,3)4)5-6-14(11)12-8-16-10-17-9-12/h5-10H,1-4H3. The van der Waals surface area contributed by atoms with Crippen LogP contribution in [-0.2, 0) is 5.41 Å². The van der Waals surface area contributed by atoms with Crippen molar-refractivity contribution >= 4 is 0 Å². The number of aromatic nitrogens is 2. The third-order valence-electron chi connectivity index (χ3n) is 2.96. The summed E-state index contributed by atoms with van der Waals surface area (Å²) < 4.78 is 0. The van der Waals surface area contributed by atoms with E-state index in [1.807, 2.05) is 12.4 Å². The molecule has 1 heterocycles. The molecule has 0 spiro atoms. The zero-order chi connectivity index (χ0) is 12.5.